The van der Waals surface area contributed by atoms with Crippen LogP contribution >= 0.6 is 11.6 Å². The van der Waals surface area contributed by atoms with Gasteiger partial charge < -0.3 is 10.1 Å². The van der Waals surface area contributed by atoms with E-state index in [0.717, 1.165) is 12.8 Å². The predicted molar refractivity (Wildman–Crippen MR) is 103 cm³/mol. The van der Waals surface area contributed by atoms with Gasteiger partial charge in [0.25, 0.3) is 0 Å². The lowest BCUT2D eigenvalue weighted by Crippen LogP contribution is -2.36. The molecule has 3 aliphatic rings. The third-order valence-corrected chi connectivity index (χ3v) is 6.54. The molecule has 142 valence electrons. The monoisotopic (exact) mass is 395 g/mol. The second-order valence-corrected chi connectivity index (χ2v) is 8.23. The van der Waals surface area contributed by atoms with Crippen LogP contribution in [0.2, 0.25) is 5.02 Å². The Hall–Kier alpha value is -2.66. The van der Waals surface area contributed by atoms with Crippen molar-refractivity contribution in [1.82, 2.24) is 0 Å². The number of esters is 1. The second kappa shape index (κ2) is 6.45. The van der Waals surface area contributed by atoms with Crippen LogP contribution in [0.3, 0.4) is 0 Å². The first-order valence-corrected chi connectivity index (χ1v) is 9.81. The maximum atomic E-state index is 13.1. The van der Waals surface area contributed by atoms with Crippen LogP contribution in [0.4, 0.5) is 5.69 Å². The van der Waals surface area contributed by atoms with Gasteiger partial charge in [-0.3, -0.25) is 14.4 Å². The summed E-state index contributed by atoms with van der Waals surface area (Å²) in [7, 11) is 0. The highest BCUT2D eigenvalue weighted by atomic mass is 35.5. The SMILES string of the molecule is O=C(c1ccccc1)c1cc(Cl)ccc1NC(=O)[C@H]1[C@@H]2C[C@H]3[C@@H]1C(=O)O[C@@H]3C2. The zero-order valence-corrected chi connectivity index (χ0v) is 15.7. The van der Waals surface area contributed by atoms with Crippen molar-refractivity contribution >= 4 is 34.9 Å². The Morgan fingerprint density at radius 1 is 1.07 bits per heavy atom. The molecule has 6 heteroatoms. The van der Waals surface area contributed by atoms with Crippen molar-refractivity contribution in [2.45, 2.75) is 18.9 Å². The fourth-order valence-electron chi connectivity index (χ4n) is 5.14. The number of benzene rings is 2. The minimum Gasteiger partial charge on any atom is -0.462 e. The normalized spacial score (nSPS) is 29.6. The summed E-state index contributed by atoms with van der Waals surface area (Å²) in [5, 5.41) is 3.31. The van der Waals surface area contributed by atoms with Crippen molar-refractivity contribution in [1.29, 1.82) is 0 Å². The van der Waals surface area contributed by atoms with Gasteiger partial charge in [0, 0.05) is 22.1 Å². The van der Waals surface area contributed by atoms with E-state index >= 15 is 0 Å². The molecule has 5 atom stereocenters. The minimum atomic E-state index is -0.397. The van der Waals surface area contributed by atoms with Gasteiger partial charge in [-0.2, -0.15) is 0 Å². The highest BCUT2D eigenvalue weighted by Gasteiger charge is 2.63. The number of anilines is 1. The molecule has 2 bridgehead atoms. The number of fused-ring (bicyclic) bond motifs is 1. The predicted octanol–water partition coefficient (Wildman–Crippen LogP) is 3.71. The maximum Gasteiger partial charge on any atom is 0.310 e. The van der Waals surface area contributed by atoms with E-state index in [1.54, 1.807) is 42.5 Å². The molecular weight excluding hydrogens is 378 g/mol. The summed E-state index contributed by atoms with van der Waals surface area (Å²) in [6.45, 7) is 0. The zero-order chi connectivity index (χ0) is 19.4. The molecule has 1 heterocycles. The first-order chi connectivity index (χ1) is 13.5. The Morgan fingerprint density at radius 2 is 1.86 bits per heavy atom. The second-order valence-electron chi connectivity index (χ2n) is 7.80. The molecule has 2 saturated carbocycles. The van der Waals surface area contributed by atoms with Gasteiger partial charge in [0.2, 0.25) is 5.91 Å². The Labute approximate surface area is 167 Å². The molecule has 0 unspecified atom stereocenters. The van der Waals surface area contributed by atoms with E-state index in [9.17, 15) is 14.4 Å². The molecule has 2 aromatic rings. The first kappa shape index (κ1) is 17.4. The van der Waals surface area contributed by atoms with Crippen LogP contribution in [-0.4, -0.2) is 23.8 Å². The van der Waals surface area contributed by atoms with E-state index in [4.69, 9.17) is 16.3 Å². The number of amides is 1. The van der Waals surface area contributed by atoms with Crippen LogP contribution in [0.15, 0.2) is 48.5 Å². The quantitative estimate of drug-likeness (QED) is 0.632. The molecule has 28 heavy (non-hydrogen) atoms. The Bertz CT molecular complexity index is 987. The lowest BCUT2D eigenvalue weighted by molar-refractivity contribution is -0.145. The maximum absolute atomic E-state index is 13.1. The van der Waals surface area contributed by atoms with Crippen LogP contribution in [0, 0.1) is 23.7 Å². The Morgan fingerprint density at radius 3 is 2.64 bits per heavy atom. The topological polar surface area (TPSA) is 72.5 Å². The van der Waals surface area contributed by atoms with Gasteiger partial charge in [0.1, 0.15) is 6.10 Å². The molecule has 0 spiro atoms. The van der Waals surface area contributed by atoms with Crippen molar-refractivity contribution in [3.05, 3.63) is 64.7 Å². The van der Waals surface area contributed by atoms with E-state index in [0.29, 0.717) is 21.8 Å². The molecule has 2 aliphatic carbocycles. The van der Waals surface area contributed by atoms with Crippen LogP contribution in [0.5, 0.6) is 0 Å². The number of carbonyl (C=O) groups is 3. The third kappa shape index (κ3) is 2.65. The summed E-state index contributed by atoms with van der Waals surface area (Å²) in [6, 6.07) is 13.7. The van der Waals surface area contributed by atoms with Gasteiger partial charge in [-0.05, 0) is 37.0 Å². The fourth-order valence-corrected chi connectivity index (χ4v) is 5.31. The summed E-state index contributed by atoms with van der Waals surface area (Å²) in [4.78, 5) is 38.2. The lowest BCUT2D eigenvalue weighted by Gasteiger charge is -2.24. The van der Waals surface area contributed by atoms with Crippen molar-refractivity contribution in [3.8, 4) is 0 Å². The third-order valence-electron chi connectivity index (χ3n) is 6.31. The molecule has 1 saturated heterocycles. The minimum absolute atomic E-state index is 0.0164. The van der Waals surface area contributed by atoms with Crippen LogP contribution in [0.25, 0.3) is 0 Å². The summed E-state index contributed by atoms with van der Waals surface area (Å²) >= 11 is 6.11. The lowest BCUT2D eigenvalue weighted by atomic mass is 9.79. The van der Waals surface area contributed by atoms with E-state index in [2.05, 4.69) is 5.32 Å². The molecule has 1 N–H and O–H groups in total. The number of nitrogens with one attached hydrogen (secondary N) is 1. The van der Waals surface area contributed by atoms with Crippen molar-refractivity contribution in [2.75, 3.05) is 5.32 Å². The fraction of sp³-hybridized carbons (Fsp3) is 0.318. The van der Waals surface area contributed by atoms with Gasteiger partial charge in [0.05, 0.1) is 17.5 Å². The molecule has 3 fully saturated rings. The average molecular weight is 396 g/mol. The summed E-state index contributed by atoms with van der Waals surface area (Å²) in [5.41, 5.74) is 1.26. The number of halogens is 1. The van der Waals surface area contributed by atoms with Crippen LogP contribution in [0.1, 0.15) is 28.8 Å². The molecule has 2 aromatic carbocycles. The molecule has 5 nitrogen and oxygen atoms in total. The molecule has 0 radical (unpaired) electrons. The largest absolute Gasteiger partial charge is 0.462 e. The molecular formula is C22H18ClNO4. The smallest absolute Gasteiger partial charge is 0.310 e. The van der Waals surface area contributed by atoms with Crippen LogP contribution in [-0.2, 0) is 14.3 Å². The van der Waals surface area contributed by atoms with Crippen molar-refractivity contribution in [3.63, 3.8) is 0 Å². The van der Waals surface area contributed by atoms with E-state index in [-0.39, 0.29) is 41.5 Å². The number of carbonyl (C=O) groups excluding carboxylic acids is 3. The van der Waals surface area contributed by atoms with Crippen LogP contribution < -0.4 is 5.32 Å². The molecule has 0 aromatic heterocycles. The highest BCUT2D eigenvalue weighted by Crippen LogP contribution is 2.57. The zero-order valence-electron chi connectivity index (χ0n) is 14.9. The van der Waals surface area contributed by atoms with Gasteiger partial charge >= 0.3 is 5.97 Å². The van der Waals surface area contributed by atoms with Gasteiger partial charge in [-0.25, -0.2) is 0 Å². The number of ketones is 1. The highest BCUT2D eigenvalue weighted by molar-refractivity contribution is 6.31. The Kier molecular flexibility index (Phi) is 4.02. The Balaban J connectivity index is 1.44. The van der Waals surface area contributed by atoms with Gasteiger partial charge in [0.15, 0.2) is 5.78 Å². The average Bonchev–Trinajstić information content (AvgIpc) is 3.32. The van der Waals surface area contributed by atoms with Crippen molar-refractivity contribution in [2.24, 2.45) is 23.7 Å². The van der Waals surface area contributed by atoms with Gasteiger partial charge in [-0.15, -0.1) is 0 Å². The molecule has 1 amide bonds. The van der Waals surface area contributed by atoms with E-state index in [1.807, 2.05) is 6.07 Å². The first-order valence-electron chi connectivity index (χ1n) is 9.43. The number of rotatable bonds is 4. The number of hydrogen-bond donors (Lipinski definition) is 1. The van der Waals surface area contributed by atoms with E-state index < -0.39 is 5.92 Å². The summed E-state index contributed by atoms with van der Waals surface area (Å²) in [5.74, 6) is -1.13. The number of hydrogen-bond acceptors (Lipinski definition) is 4. The summed E-state index contributed by atoms with van der Waals surface area (Å²) in [6.07, 6.45) is 1.59. The molecule has 5 rings (SSSR count). The summed E-state index contributed by atoms with van der Waals surface area (Å²) < 4.78 is 5.41. The van der Waals surface area contributed by atoms with Crippen molar-refractivity contribution < 1.29 is 19.1 Å². The molecule has 1 aliphatic heterocycles. The van der Waals surface area contributed by atoms with Gasteiger partial charge in [-0.1, -0.05) is 41.9 Å². The standard InChI is InChI=1S/C22H18ClNO4/c23-13-6-7-16(14(10-13)20(25)11-4-2-1-3-5-11)24-21(26)18-12-8-15-17(9-12)28-22(27)19(15)18/h1-7,10,12,15,17-19H,8-9H2,(H,24,26)/t12-,15-,17-,18+,19+/m1/s1. The number of ether oxygens (including phenoxy) is 1. The van der Waals surface area contributed by atoms with E-state index in [1.165, 1.54) is 0 Å².